The number of likely N-dealkylation sites (tertiary alicyclic amines) is 1. The Morgan fingerprint density at radius 3 is 2.57 bits per heavy atom. The molecule has 6 nitrogen and oxygen atoms in total. The zero-order chi connectivity index (χ0) is 20.5. The molecule has 1 heterocycles. The van der Waals surface area contributed by atoms with Crippen LogP contribution >= 0.6 is 24.0 Å². The molecule has 1 atom stereocenters. The standard InChI is InChI=1S/C23H30N4O2.HI/c1-25-23(27-14-12-20(16-27)15-19-5-3-2-4-6-19)26-13-11-18-7-9-21(10-8-18)29-17-22(24)28;/h2-10,20H,11-17H2,1H3,(H2,24,28)(H,25,26);1H. The number of ether oxygens (including phenoxy) is 1. The molecule has 0 radical (unpaired) electrons. The molecule has 30 heavy (non-hydrogen) atoms. The molecular weight excluding hydrogens is 491 g/mol. The quantitative estimate of drug-likeness (QED) is 0.318. The van der Waals surface area contributed by atoms with Crippen LogP contribution in [0.2, 0.25) is 0 Å². The number of hydrogen-bond donors (Lipinski definition) is 2. The van der Waals surface area contributed by atoms with E-state index in [1.165, 1.54) is 17.5 Å². The number of carbonyl (C=O) groups is 1. The summed E-state index contributed by atoms with van der Waals surface area (Å²) in [7, 11) is 1.84. The predicted octanol–water partition coefficient (Wildman–Crippen LogP) is 2.85. The molecule has 0 saturated carbocycles. The van der Waals surface area contributed by atoms with Crippen LogP contribution in [0.3, 0.4) is 0 Å². The average Bonchev–Trinajstić information content (AvgIpc) is 3.19. The summed E-state index contributed by atoms with van der Waals surface area (Å²) in [5.74, 6) is 1.82. The second-order valence-electron chi connectivity index (χ2n) is 7.41. The van der Waals surface area contributed by atoms with Gasteiger partial charge < -0.3 is 20.7 Å². The van der Waals surface area contributed by atoms with E-state index in [0.29, 0.717) is 11.7 Å². The second kappa shape index (κ2) is 12.4. The minimum absolute atomic E-state index is 0. The van der Waals surface area contributed by atoms with Gasteiger partial charge in [-0.25, -0.2) is 0 Å². The molecule has 0 bridgehead atoms. The fourth-order valence-corrected chi connectivity index (χ4v) is 3.70. The minimum atomic E-state index is -0.474. The predicted molar refractivity (Wildman–Crippen MR) is 131 cm³/mol. The first kappa shape index (κ1) is 24.0. The summed E-state index contributed by atoms with van der Waals surface area (Å²) in [5, 5.41) is 3.48. The van der Waals surface area contributed by atoms with Crippen molar-refractivity contribution in [3.05, 3.63) is 65.7 Å². The van der Waals surface area contributed by atoms with Gasteiger partial charge in [0.2, 0.25) is 0 Å². The molecule has 0 spiro atoms. The molecule has 7 heteroatoms. The normalized spacial score (nSPS) is 16.1. The smallest absolute Gasteiger partial charge is 0.255 e. The van der Waals surface area contributed by atoms with Crippen LogP contribution < -0.4 is 15.8 Å². The van der Waals surface area contributed by atoms with Crippen LogP contribution in [-0.4, -0.2) is 50.1 Å². The molecule has 1 fully saturated rings. The third kappa shape index (κ3) is 7.51. The molecule has 2 aromatic rings. The summed E-state index contributed by atoms with van der Waals surface area (Å²) in [5.41, 5.74) is 7.69. The Hall–Kier alpha value is -2.29. The number of rotatable bonds is 8. The van der Waals surface area contributed by atoms with E-state index in [1.807, 2.05) is 31.3 Å². The number of guanidine groups is 1. The SMILES string of the molecule is CN=C(NCCc1ccc(OCC(N)=O)cc1)N1CCC(Cc2ccccc2)C1.I. The third-order valence-corrected chi connectivity index (χ3v) is 5.17. The average molecular weight is 522 g/mol. The summed E-state index contributed by atoms with van der Waals surface area (Å²) >= 11 is 0. The topological polar surface area (TPSA) is 80.0 Å². The van der Waals surface area contributed by atoms with Crippen LogP contribution in [0, 0.1) is 5.92 Å². The lowest BCUT2D eigenvalue weighted by atomic mass is 9.99. The Morgan fingerprint density at radius 2 is 1.90 bits per heavy atom. The van der Waals surface area contributed by atoms with Crippen molar-refractivity contribution in [3.63, 3.8) is 0 Å². The van der Waals surface area contributed by atoms with Gasteiger partial charge >= 0.3 is 0 Å². The van der Waals surface area contributed by atoms with Crippen LogP contribution in [-0.2, 0) is 17.6 Å². The van der Waals surface area contributed by atoms with Crippen LogP contribution in [0.15, 0.2) is 59.6 Å². The maximum atomic E-state index is 10.8. The van der Waals surface area contributed by atoms with Gasteiger partial charge in [0.15, 0.2) is 12.6 Å². The van der Waals surface area contributed by atoms with Crippen LogP contribution in [0.5, 0.6) is 5.75 Å². The lowest BCUT2D eigenvalue weighted by Crippen LogP contribution is -2.41. The number of primary amides is 1. The van der Waals surface area contributed by atoms with Gasteiger partial charge in [-0.1, -0.05) is 42.5 Å². The van der Waals surface area contributed by atoms with Crippen molar-refractivity contribution in [1.29, 1.82) is 0 Å². The van der Waals surface area contributed by atoms with E-state index in [-0.39, 0.29) is 30.6 Å². The highest BCUT2D eigenvalue weighted by Gasteiger charge is 2.24. The molecule has 1 aliphatic heterocycles. The zero-order valence-electron chi connectivity index (χ0n) is 17.4. The molecule has 3 N–H and O–H groups in total. The minimum Gasteiger partial charge on any atom is -0.484 e. The van der Waals surface area contributed by atoms with Crippen molar-refractivity contribution in [2.45, 2.75) is 19.3 Å². The third-order valence-electron chi connectivity index (χ3n) is 5.17. The van der Waals surface area contributed by atoms with Gasteiger partial charge in [-0.3, -0.25) is 9.79 Å². The van der Waals surface area contributed by atoms with Gasteiger partial charge in [0.1, 0.15) is 5.75 Å². The molecule has 0 aromatic heterocycles. The number of carbonyl (C=O) groups excluding carboxylic acids is 1. The number of halogens is 1. The number of aliphatic imine (C=N–C) groups is 1. The molecule has 0 aliphatic carbocycles. The van der Waals surface area contributed by atoms with Crippen molar-refractivity contribution >= 4 is 35.8 Å². The van der Waals surface area contributed by atoms with Gasteiger partial charge in [-0.15, -0.1) is 24.0 Å². The number of nitrogens with zero attached hydrogens (tertiary/aromatic N) is 2. The van der Waals surface area contributed by atoms with E-state index in [9.17, 15) is 4.79 Å². The first-order valence-electron chi connectivity index (χ1n) is 10.1. The van der Waals surface area contributed by atoms with E-state index >= 15 is 0 Å². The molecule has 1 saturated heterocycles. The second-order valence-corrected chi connectivity index (χ2v) is 7.41. The largest absolute Gasteiger partial charge is 0.484 e. The van der Waals surface area contributed by atoms with Crippen LogP contribution in [0.1, 0.15) is 17.5 Å². The van der Waals surface area contributed by atoms with E-state index in [2.05, 4.69) is 45.5 Å². The molecule has 3 rings (SSSR count). The van der Waals surface area contributed by atoms with Crippen molar-refractivity contribution in [2.24, 2.45) is 16.6 Å². The summed E-state index contributed by atoms with van der Waals surface area (Å²) in [6, 6.07) is 18.4. The fraction of sp³-hybridized carbons (Fsp3) is 0.391. The zero-order valence-corrected chi connectivity index (χ0v) is 19.8. The Labute approximate surface area is 195 Å². The number of nitrogens with one attached hydrogen (secondary N) is 1. The number of amides is 1. The lowest BCUT2D eigenvalue weighted by Gasteiger charge is -2.22. The Kier molecular flexibility index (Phi) is 9.93. The first-order valence-corrected chi connectivity index (χ1v) is 10.1. The monoisotopic (exact) mass is 522 g/mol. The highest BCUT2D eigenvalue weighted by atomic mass is 127. The van der Waals surface area contributed by atoms with Crippen molar-refractivity contribution < 1.29 is 9.53 Å². The Morgan fingerprint density at radius 1 is 1.17 bits per heavy atom. The van der Waals surface area contributed by atoms with Gasteiger partial charge in [0.05, 0.1) is 0 Å². The molecule has 1 aliphatic rings. The maximum absolute atomic E-state index is 10.8. The van der Waals surface area contributed by atoms with Gasteiger partial charge in [0.25, 0.3) is 5.91 Å². The molecular formula is C23H31IN4O2. The number of nitrogens with two attached hydrogens (primary N) is 1. The number of benzene rings is 2. The van der Waals surface area contributed by atoms with E-state index in [1.54, 1.807) is 0 Å². The summed E-state index contributed by atoms with van der Waals surface area (Å²) in [4.78, 5) is 17.6. The van der Waals surface area contributed by atoms with Crippen LogP contribution in [0.4, 0.5) is 0 Å². The van der Waals surface area contributed by atoms with E-state index in [0.717, 1.165) is 38.4 Å². The Balaban J connectivity index is 0.00000320. The molecule has 1 unspecified atom stereocenters. The first-order chi connectivity index (χ1) is 14.1. The summed E-state index contributed by atoms with van der Waals surface area (Å²) < 4.78 is 5.29. The highest BCUT2D eigenvalue weighted by Crippen LogP contribution is 2.21. The fourth-order valence-electron chi connectivity index (χ4n) is 3.70. The summed E-state index contributed by atoms with van der Waals surface area (Å²) in [6.07, 6.45) is 3.21. The van der Waals surface area contributed by atoms with Gasteiger partial charge in [-0.05, 0) is 48.4 Å². The lowest BCUT2D eigenvalue weighted by molar-refractivity contribution is -0.119. The maximum Gasteiger partial charge on any atom is 0.255 e. The van der Waals surface area contributed by atoms with Crippen molar-refractivity contribution in [2.75, 3.05) is 33.3 Å². The Bertz CT molecular complexity index is 812. The van der Waals surface area contributed by atoms with Gasteiger partial charge in [-0.2, -0.15) is 0 Å². The van der Waals surface area contributed by atoms with Crippen LogP contribution in [0.25, 0.3) is 0 Å². The highest BCUT2D eigenvalue weighted by molar-refractivity contribution is 14.0. The molecule has 2 aromatic carbocycles. The van der Waals surface area contributed by atoms with Crippen molar-refractivity contribution in [1.82, 2.24) is 10.2 Å². The van der Waals surface area contributed by atoms with Gasteiger partial charge in [0, 0.05) is 26.7 Å². The summed E-state index contributed by atoms with van der Waals surface area (Å²) in [6.45, 7) is 2.80. The van der Waals surface area contributed by atoms with E-state index in [4.69, 9.17) is 10.5 Å². The van der Waals surface area contributed by atoms with E-state index < -0.39 is 5.91 Å². The molecule has 162 valence electrons. The number of hydrogen-bond acceptors (Lipinski definition) is 3. The van der Waals surface area contributed by atoms with Crippen molar-refractivity contribution in [3.8, 4) is 5.75 Å². The molecule has 1 amide bonds.